The van der Waals surface area contributed by atoms with Crippen LogP contribution in [0, 0.1) is 11.3 Å². The standard InChI is InChI=1S/C14H27NO/c1-5-16-10-6-9-15-13-7-8-14(3,4)11-12(13)2/h5,12-13,15H,1,6-11H2,2-4H3. The van der Waals surface area contributed by atoms with Crippen molar-refractivity contribution in [2.45, 2.75) is 52.5 Å². The number of nitrogens with one attached hydrogen (secondary N) is 1. The van der Waals surface area contributed by atoms with Crippen molar-refractivity contribution in [1.82, 2.24) is 5.32 Å². The van der Waals surface area contributed by atoms with E-state index in [1.54, 1.807) is 0 Å². The third-order valence-electron chi connectivity index (χ3n) is 3.66. The van der Waals surface area contributed by atoms with Crippen LogP contribution in [0.3, 0.4) is 0 Å². The van der Waals surface area contributed by atoms with Gasteiger partial charge in [0.1, 0.15) is 0 Å². The molecule has 1 aliphatic carbocycles. The van der Waals surface area contributed by atoms with Gasteiger partial charge in [-0.3, -0.25) is 0 Å². The fourth-order valence-electron chi connectivity index (χ4n) is 2.78. The molecule has 0 amide bonds. The number of ether oxygens (including phenoxy) is 1. The summed E-state index contributed by atoms with van der Waals surface area (Å²) in [5, 5.41) is 3.65. The fraction of sp³-hybridized carbons (Fsp3) is 0.857. The maximum Gasteiger partial charge on any atom is 0.0885 e. The van der Waals surface area contributed by atoms with Gasteiger partial charge < -0.3 is 10.1 Å². The van der Waals surface area contributed by atoms with E-state index in [9.17, 15) is 0 Å². The smallest absolute Gasteiger partial charge is 0.0885 e. The monoisotopic (exact) mass is 225 g/mol. The summed E-state index contributed by atoms with van der Waals surface area (Å²) in [4.78, 5) is 0. The molecule has 16 heavy (non-hydrogen) atoms. The van der Waals surface area contributed by atoms with Crippen LogP contribution < -0.4 is 5.32 Å². The summed E-state index contributed by atoms with van der Waals surface area (Å²) in [6.45, 7) is 12.5. The Morgan fingerprint density at radius 1 is 1.50 bits per heavy atom. The van der Waals surface area contributed by atoms with Crippen molar-refractivity contribution in [1.29, 1.82) is 0 Å². The molecule has 2 atom stereocenters. The van der Waals surface area contributed by atoms with E-state index < -0.39 is 0 Å². The molecule has 0 aliphatic heterocycles. The Morgan fingerprint density at radius 3 is 2.88 bits per heavy atom. The first-order valence-electron chi connectivity index (χ1n) is 6.51. The second kappa shape index (κ2) is 6.29. The Bertz CT molecular complexity index is 213. The van der Waals surface area contributed by atoms with Gasteiger partial charge in [0.25, 0.3) is 0 Å². The number of hydrogen-bond donors (Lipinski definition) is 1. The predicted octanol–water partition coefficient (Wildman–Crippen LogP) is 3.34. The van der Waals surface area contributed by atoms with Crippen LogP contribution in [-0.2, 0) is 4.74 Å². The van der Waals surface area contributed by atoms with Crippen LogP contribution in [0.5, 0.6) is 0 Å². The van der Waals surface area contributed by atoms with Crippen LogP contribution >= 0.6 is 0 Å². The molecule has 0 radical (unpaired) electrons. The average molecular weight is 225 g/mol. The molecule has 1 N–H and O–H groups in total. The van der Waals surface area contributed by atoms with Crippen LogP contribution in [0.4, 0.5) is 0 Å². The van der Waals surface area contributed by atoms with E-state index >= 15 is 0 Å². The van der Waals surface area contributed by atoms with Crippen molar-refractivity contribution < 1.29 is 4.74 Å². The first-order chi connectivity index (χ1) is 7.55. The molecule has 2 nitrogen and oxygen atoms in total. The summed E-state index contributed by atoms with van der Waals surface area (Å²) in [6, 6.07) is 0.705. The van der Waals surface area contributed by atoms with Gasteiger partial charge in [0.2, 0.25) is 0 Å². The molecule has 0 aromatic rings. The van der Waals surface area contributed by atoms with Crippen molar-refractivity contribution >= 4 is 0 Å². The summed E-state index contributed by atoms with van der Waals surface area (Å²) < 4.78 is 5.11. The molecule has 1 fully saturated rings. The highest BCUT2D eigenvalue weighted by Gasteiger charge is 2.31. The third kappa shape index (κ3) is 4.56. The molecule has 0 heterocycles. The van der Waals surface area contributed by atoms with Gasteiger partial charge in [-0.1, -0.05) is 27.4 Å². The predicted molar refractivity (Wildman–Crippen MR) is 69.4 cm³/mol. The highest BCUT2D eigenvalue weighted by atomic mass is 16.5. The van der Waals surface area contributed by atoms with Crippen molar-refractivity contribution in [3.8, 4) is 0 Å². The minimum atomic E-state index is 0.545. The normalized spacial score (nSPS) is 28.7. The van der Waals surface area contributed by atoms with E-state index in [4.69, 9.17) is 4.74 Å². The van der Waals surface area contributed by atoms with E-state index in [0.717, 1.165) is 25.5 Å². The second-order valence-electron chi connectivity index (χ2n) is 5.84. The lowest BCUT2D eigenvalue weighted by molar-refractivity contribution is 0.146. The molecule has 94 valence electrons. The van der Waals surface area contributed by atoms with E-state index in [-0.39, 0.29) is 0 Å². The number of rotatable bonds is 6. The van der Waals surface area contributed by atoms with E-state index in [1.165, 1.54) is 25.5 Å². The largest absolute Gasteiger partial charge is 0.502 e. The zero-order chi connectivity index (χ0) is 12.0. The van der Waals surface area contributed by atoms with Gasteiger partial charge in [0, 0.05) is 6.04 Å². The first kappa shape index (κ1) is 13.6. The molecule has 0 saturated heterocycles. The molecule has 1 aliphatic rings. The molecule has 0 aromatic carbocycles. The topological polar surface area (TPSA) is 21.3 Å². The quantitative estimate of drug-likeness (QED) is 0.553. The van der Waals surface area contributed by atoms with Crippen LogP contribution in [-0.4, -0.2) is 19.2 Å². The summed E-state index contributed by atoms with van der Waals surface area (Å²) in [6.07, 6.45) is 6.59. The first-order valence-corrected chi connectivity index (χ1v) is 6.51. The highest BCUT2D eigenvalue weighted by Crippen LogP contribution is 2.38. The van der Waals surface area contributed by atoms with Gasteiger partial charge in [-0.15, -0.1) is 0 Å². The van der Waals surface area contributed by atoms with Crippen LogP contribution in [0.1, 0.15) is 46.5 Å². The SMILES string of the molecule is C=COCCCNC1CCC(C)(C)CC1C. The molecule has 1 rings (SSSR count). The van der Waals surface area contributed by atoms with Crippen molar-refractivity contribution in [3.05, 3.63) is 12.8 Å². The minimum absolute atomic E-state index is 0.545. The Hall–Kier alpha value is -0.500. The Kier molecular flexibility index (Phi) is 5.33. The Balaban J connectivity index is 2.16. The molecule has 2 heteroatoms. The van der Waals surface area contributed by atoms with Crippen LogP contribution in [0.25, 0.3) is 0 Å². The zero-order valence-electron chi connectivity index (χ0n) is 11.1. The lowest BCUT2D eigenvalue weighted by atomic mass is 9.70. The zero-order valence-corrected chi connectivity index (χ0v) is 11.1. The minimum Gasteiger partial charge on any atom is -0.502 e. The van der Waals surface area contributed by atoms with Crippen molar-refractivity contribution in [2.24, 2.45) is 11.3 Å². The lowest BCUT2D eigenvalue weighted by Gasteiger charge is -2.39. The van der Waals surface area contributed by atoms with Crippen molar-refractivity contribution in [3.63, 3.8) is 0 Å². The van der Waals surface area contributed by atoms with E-state index in [1.807, 2.05) is 0 Å². The summed E-state index contributed by atoms with van der Waals surface area (Å²) in [5.74, 6) is 0.795. The summed E-state index contributed by atoms with van der Waals surface area (Å²) in [5.41, 5.74) is 0.545. The lowest BCUT2D eigenvalue weighted by Crippen LogP contribution is -2.42. The number of hydrogen-bond acceptors (Lipinski definition) is 2. The van der Waals surface area contributed by atoms with Crippen LogP contribution in [0.15, 0.2) is 12.8 Å². The molecular weight excluding hydrogens is 198 g/mol. The van der Waals surface area contributed by atoms with Gasteiger partial charge in [-0.05, 0) is 43.6 Å². The van der Waals surface area contributed by atoms with Gasteiger partial charge in [-0.25, -0.2) is 0 Å². The molecule has 0 bridgehead atoms. The third-order valence-corrected chi connectivity index (χ3v) is 3.66. The summed E-state index contributed by atoms with van der Waals surface area (Å²) in [7, 11) is 0. The van der Waals surface area contributed by atoms with Crippen LogP contribution in [0.2, 0.25) is 0 Å². The van der Waals surface area contributed by atoms with Gasteiger partial charge in [0.05, 0.1) is 12.9 Å². The maximum absolute atomic E-state index is 5.11. The van der Waals surface area contributed by atoms with E-state index in [2.05, 4.69) is 32.7 Å². The van der Waals surface area contributed by atoms with Crippen molar-refractivity contribution in [2.75, 3.05) is 13.2 Å². The molecule has 0 aromatic heterocycles. The Morgan fingerprint density at radius 2 is 2.25 bits per heavy atom. The van der Waals surface area contributed by atoms with Gasteiger partial charge >= 0.3 is 0 Å². The molecule has 1 saturated carbocycles. The summed E-state index contributed by atoms with van der Waals surface area (Å²) >= 11 is 0. The van der Waals surface area contributed by atoms with E-state index in [0.29, 0.717) is 11.5 Å². The Labute approximate surface area is 100 Å². The highest BCUT2D eigenvalue weighted by molar-refractivity contribution is 4.86. The van der Waals surface area contributed by atoms with Gasteiger partial charge in [0.15, 0.2) is 0 Å². The molecule has 2 unspecified atom stereocenters. The maximum atomic E-state index is 5.11. The van der Waals surface area contributed by atoms with Gasteiger partial charge in [-0.2, -0.15) is 0 Å². The molecular formula is C14H27NO. The fourth-order valence-corrected chi connectivity index (χ4v) is 2.78. The second-order valence-corrected chi connectivity index (χ2v) is 5.84. The average Bonchev–Trinajstić information content (AvgIpc) is 2.20. The molecule has 0 spiro atoms.